The van der Waals surface area contributed by atoms with Crippen molar-refractivity contribution in [2.24, 2.45) is 11.8 Å². The van der Waals surface area contributed by atoms with Crippen molar-refractivity contribution in [3.8, 4) is 23.0 Å². The molecule has 3 aromatic rings. The molecule has 5 rings (SSSR count). The number of hydrogen-bond acceptors (Lipinski definition) is 8. The van der Waals surface area contributed by atoms with E-state index in [9.17, 15) is 5.11 Å². The van der Waals surface area contributed by atoms with Crippen LogP contribution in [-0.2, 0) is 0 Å². The second kappa shape index (κ2) is 6.31. The van der Waals surface area contributed by atoms with Crippen molar-refractivity contribution in [1.82, 2.24) is 20.2 Å². The third-order valence-corrected chi connectivity index (χ3v) is 5.58. The summed E-state index contributed by atoms with van der Waals surface area (Å²) in [7, 11) is 0. The minimum Gasteiger partial charge on any atom is -0.414 e. The van der Waals surface area contributed by atoms with Crippen LogP contribution in [0.25, 0.3) is 23.0 Å². The van der Waals surface area contributed by atoms with E-state index in [1.54, 1.807) is 6.20 Å². The summed E-state index contributed by atoms with van der Waals surface area (Å²) in [5.74, 6) is 2.45. The van der Waals surface area contributed by atoms with Crippen molar-refractivity contribution in [3.63, 3.8) is 0 Å². The maximum absolute atomic E-state index is 10.1. The molecule has 0 spiro atoms. The normalized spacial score (nSPS) is 24.3. The highest BCUT2D eigenvalue weighted by atomic mass is 16.4. The predicted octanol–water partition coefficient (Wildman–Crippen LogP) is 1.98. The van der Waals surface area contributed by atoms with E-state index in [1.165, 1.54) is 0 Å². The van der Waals surface area contributed by atoms with Gasteiger partial charge in [-0.1, -0.05) is 18.2 Å². The van der Waals surface area contributed by atoms with Gasteiger partial charge in [0.15, 0.2) is 11.5 Å². The van der Waals surface area contributed by atoms with E-state index in [4.69, 9.17) is 10.2 Å². The molecule has 0 radical (unpaired) electrons. The Kier molecular flexibility index (Phi) is 3.78. The molecule has 0 amide bonds. The van der Waals surface area contributed by atoms with Gasteiger partial charge in [-0.05, 0) is 30.9 Å². The van der Waals surface area contributed by atoms with Gasteiger partial charge in [0.1, 0.15) is 5.82 Å². The highest BCUT2D eigenvalue weighted by Gasteiger charge is 2.42. The Morgan fingerprint density at radius 2 is 1.89 bits per heavy atom. The highest BCUT2D eigenvalue weighted by Crippen LogP contribution is 2.39. The van der Waals surface area contributed by atoms with Gasteiger partial charge >= 0.3 is 0 Å². The number of aliphatic hydroxyl groups excluding tert-OH is 1. The molecule has 1 aliphatic carbocycles. The third-order valence-electron chi connectivity index (χ3n) is 5.58. The fraction of sp³-hybridized carbons (Fsp3) is 0.368. The number of anilines is 2. The van der Waals surface area contributed by atoms with E-state index in [1.807, 2.05) is 30.3 Å². The first kappa shape index (κ1) is 16.2. The van der Waals surface area contributed by atoms with Gasteiger partial charge in [-0.15, -0.1) is 10.2 Å². The van der Waals surface area contributed by atoms with Gasteiger partial charge < -0.3 is 20.2 Å². The van der Waals surface area contributed by atoms with E-state index in [-0.39, 0.29) is 17.8 Å². The van der Waals surface area contributed by atoms with Crippen molar-refractivity contribution in [2.75, 3.05) is 23.7 Å². The Morgan fingerprint density at radius 1 is 1.07 bits per heavy atom. The summed E-state index contributed by atoms with van der Waals surface area (Å²) in [5, 5.41) is 18.3. The fourth-order valence-corrected chi connectivity index (χ4v) is 4.14. The number of aliphatic hydroxyl groups is 1. The summed E-state index contributed by atoms with van der Waals surface area (Å²) in [4.78, 5) is 11.1. The molecule has 8 heteroatoms. The van der Waals surface area contributed by atoms with Crippen molar-refractivity contribution in [3.05, 3.63) is 36.5 Å². The molecule has 2 fully saturated rings. The zero-order chi connectivity index (χ0) is 18.4. The summed E-state index contributed by atoms with van der Waals surface area (Å²) in [6.45, 7) is 1.65. The standard InChI is InChI=1S/C19H20N6O2/c20-17-16(19-24-23-18(27-19)11-4-2-1-3-5-11)22-15(8-21-17)25-9-12-6-7-14(26)13(12)10-25/h1-5,8,12-14,26H,6-7,9-10H2,(H2,20,21)/t12-,13-,14?/m1/s1. The molecule has 2 aromatic heterocycles. The largest absolute Gasteiger partial charge is 0.414 e. The summed E-state index contributed by atoms with van der Waals surface area (Å²) in [6.07, 6.45) is 3.40. The summed E-state index contributed by atoms with van der Waals surface area (Å²) in [5.41, 5.74) is 7.24. The summed E-state index contributed by atoms with van der Waals surface area (Å²) >= 11 is 0. The quantitative estimate of drug-likeness (QED) is 0.725. The van der Waals surface area contributed by atoms with Crippen LogP contribution in [0.3, 0.4) is 0 Å². The van der Waals surface area contributed by atoms with E-state index < -0.39 is 0 Å². The molecule has 2 aliphatic rings. The Balaban J connectivity index is 1.44. The minimum atomic E-state index is -0.217. The summed E-state index contributed by atoms with van der Waals surface area (Å²) < 4.78 is 5.78. The molecular formula is C19H20N6O2. The molecule has 3 atom stereocenters. The van der Waals surface area contributed by atoms with Gasteiger partial charge in [-0.25, -0.2) is 9.97 Å². The van der Waals surface area contributed by atoms with Gasteiger partial charge in [0.05, 0.1) is 12.3 Å². The van der Waals surface area contributed by atoms with Crippen LogP contribution in [0.4, 0.5) is 11.6 Å². The number of nitrogens with zero attached hydrogens (tertiary/aromatic N) is 5. The zero-order valence-corrected chi connectivity index (χ0v) is 14.7. The lowest BCUT2D eigenvalue weighted by molar-refractivity contribution is 0.133. The number of aromatic nitrogens is 4. The van der Waals surface area contributed by atoms with E-state index in [0.29, 0.717) is 23.4 Å². The van der Waals surface area contributed by atoms with Crippen LogP contribution in [-0.4, -0.2) is 44.5 Å². The number of nitrogen functional groups attached to an aromatic ring is 1. The highest BCUT2D eigenvalue weighted by molar-refractivity contribution is 5.65. The molecule has 1 aliphatic heterocycles. The van der Waals surface area contributed by atoms with E-state index in [0.717, 1.165) is 37.3 Å². The molecule has 3 heterocycles. The van der Waals surface area contributed by atoms with Gasteiger partial charge in [0.2, 0.25) is 5.89 Å². The van der Waals surface area contributed by atoms with Crippen LogP contribution in [0.2, 0.25) is 0 Å². The average Bonchev–Trinajstić information content (AvgIpc) is 3.41. The fourth-order valence-electron chi connectivity index (χ4n) is 4.14. The maximum Gasteiger partial charge on any atom is 0.270 e. The molecule has 8 nitrogen and oxygen atoms in total. The second-order valence-electron chi connectivity index (χ2n) is 7.21. The van der Waals surface area contributed by atoms with Crippen LogP contribution < -0.4 is 10.6 Å². The Bertz CT molecular complexity index is 960. The Hall–Kier alpha value is -3.00. The predicted molar refractivity (Wildman–Crippen MR) is 99.6 cm³/mol. The molecule has 1 aromatic carbocycles. The number of rotatable bonds is 3. The second-order valence-corrected chi connectivity index (χ2v) is 7.21. The van der Waals surface area contributed by atoms with Crippen molar-refractivity contribution >= 4 is 11.6 Å². The lowest BCUT2D eigenvalue weighted by Gasteiger charge is -2.19. The first-order valence-electron chi connectivity index (χ1n) is 9.14. The van der Waals surface area contributed by atoms with E-state index in [2.05, 4.69) is 25.1 Å². The third kappa shape index (κ3) is 2.82. The van der Waals surface area contributed by atoms with Crippen LogP contribution in [0, 0.1) is 11.8 Å². The molecular weight excluding hydrogens is 344 g/mol. The van der Waals surface area contributed by atoms with Crippen LogP contribution in [0.15, 0.2) is 40.9 Å². The van der Waals surface area contributed by atoms with Crippen molar-refractivity contribution in [1.29, 1.82) is 0 Å². The Labute approximate surface area is 156 Å². The lowest BCUT2D eigenvalue weighted by Crippen LogP contribution is -2.25. The number of nitrogens with two attached hydrogens (primary N) is 1. The number of benzene rings is 1. The monoisotopic (exact) mass is 364 g/mol. The average molecular weight is 364 g/mol. The topological polar surface area (TPSA) is 114 Å². The van der Waals surface area contributed by atoms with Crippen molar-refractivity contribution in [2.45, 2.75) is 18.9 Å². The molecule has 1 unspecified atom stereocenters. The maximum atomic E-state index is 10.1. The van der Waals surface area contributed by atoms with Gasteiger partial charge in [-0.2, -0.15) is 0 Å². The van der Waals surface area contributed by atoms with Gasteiger partial charge in [-0.3, -0.25) is 0 Å². The summed E-state index contributed by atoms with van der Waals surface area (Å²) in [6, 6.07) is 9.55. The first-order valence-corrected chi connectivity index (χ1v) is 9.14. The zero-order valence-electron chi connectivity index (χ0n) is 14.7. The number of fused-ring (bicyclic) bond motifs is 1. The van der Waals surface area contributed by atoms with E-state index >= 15 is 0 Å². The molecule has 1 saturated carbocycles. The molecule has 1 saturated heterocycles. The Morgan fingerprint density at radius 3 is 2.70 bits per heavy atom. The number of hydrogen-bond donors (Lipinski definition) is 2. The first-order chi connectivity index (χ1) is 13.2. The van der Waals surface area contributed by atoms with Crippen LogP contribution >= 0.6 is 0 Å². The molecule has 3 N–H and O–H groups in total. The van der Waals surface area contributed by atoms with Crippen LogP contribution in [0.5, 0.6) is 0 Å². The van der Waals surface area contributed by atoms with Gasteiger partial charge in [0.25, 0.3) is 5.89 Å². The van der Waals surface area contributed by atoms with Crippen LogP contribution in [0.1, 0.15) is 12.8 Å². The molecule has 27 heavy (non-hydrogen) atoms. The molecule has 138 valence electrons. The van der Waals surface area contributed by atoms with Crippen molar-refractivity contribution < 1.29 is 9.52 Å². The van der Waals surface area contributed by atoms with Gasteiger partial charge in [0, 0.05) is 24.6 Å². The minimum absolute atomic E-state index is 0.217. The lowest BCUT2D eigenvalue weighted by atomic mass is 10.00. The SMILES string of the molecule is Nc1ncc(N2C[C@H]3CCC(O)[C@@H]3C2)nc1-c1nnc(-c2ccccc2)o1. The molecule has 0 bridgehead atoms. The smallest absolute Gasteiger partial charge is 0.270 e.